The van der Waals surface area contributed by atoms with Crippen molar-refractivity contribution in [2.45, 2.75) is 32.2 Å². The third-order valence-electron chi connectivity index (χ3n) is 4.64. The lowest BCUT2D eigenvalue weighted by Gasteiger charge is -2.24. The van der Waals surface area contributed by atoms with Crippen LogP contribution in [0.1, 0.15) is 26.3 Å². The molecular weight excluding hydrogens is 436 g/mol. The van der Waals surface area contributed by atoms with E-state index in [1.54, 1.807) is 36.5 Å². The summed E-state index contributed by atoms with van der Waals surface area (Å²) in [5, 5.41) is 0.756. The summed E-state index contributed by atoms with van der Waals surface area (Å²) in [6.07, 6.45) is 1.58. The number of para-hydroxylation sites is 1. The quantitative estimate of drug-likeness (QED) is 0.449. The Bertz CT molecular complexity index is 1250. The van der Waals surface area contributed by atoms with Crippen molar-refractivity contribution in [2.24, 2.45) is 5.92 Å². The first-order valence-corrected chi connectivity index (χ1v) is 13.0. The van der Waals surface area contributed by atoms with E-state index in [0.29, 0.717) is 12.1 Å². The maximum Gasteiger partial charge on any atom is 0.308 e. The SMILES string of the molecule is CCS(=O)(=O)Oc1ccc(CN(CC(C)C)S(=O)(=O)c2cccc3cccnc23)cc1. The molecule has 0 aliphatic heterocycles. The van der Waals surface area contributed by atoms with Crippen molar-refractivity contribution >= 4 is 31.0 Å². The van der Waals surface area contributed by atoms with Gasteiger partial charge in [-0.3, -0.25) is 4.98 Å². The van der Waals surface area contributed by atoms with Gasteiger partial charge in [0, 0.05) is 24.7 Å². The van der Waals surface area contributed by atoms with Crippen molar-refractivity contribution in [3.8, 4) is 5.75 Å². The van der Waals surface area contributed by atoms with E-state index in [0.717, 1.165) is 10.9 Å². The number of rotatable bonds is 9. The molecule has 0 amide bonds. The Morgan fingerprint density at radius 1 is 0.968 bits per heavy atom. The third-order valence-corrected chi connectivity index (χ3v) is 7.64. The van der Waals surface area contributed by atoms with Gasteiger partial charge in [0.15, 0.2) is 0 Å². The smallest absolute Gasteiger partial charge is 0.308 e. The van der Waals surface area contributed by atoms with Crippen LogP contribution >= 0.6 is 0 Å². The average Bonchev–Trinajstić information content (AvgIpc) is 2.73. The van der Waals surface area contributed by atoms with E-state index in [9.17, 15) is 16.8 Å². The Balaban J connectivity index is 1.93. The summed E-state index contributed by atoms with van der Waals surface area (Å²) in [6.45, 7) is 5.88. The molecule has 0 saturated heterocycles. The lowest BCUT2D eigenvalue weighted by atomic mass is 10.2. The van der Waals surface area contributed by atoms with E-state index in [-0.39, 0.29) is 28.9 Å². The highest BCUT2D eigenvalue weighted by molar-refractivity contribution is 7.89. The number of benzene rings is 2. The molecular formula is C22H26N2O5S2. The zero-order chi connectivity index (χ0) is 22.6. The number of nitrogens with zero attached hydrogens (tertiary/aromatic N) is 2. The Hall–Kier alpha value is -2.49. The maximum atomic E-state index is 13.6. The van der Waals surface area contributed by atoms with Gasteiger partial charge in [-0.15, -0.1) is 0 Å². The molecule has 0 spiro atoms. The van der Waals surface area contributed by atoms with E-state index in [2.05, 4.69) is 4.98 Å². The van der Waals surface area contributed by atoms with Crippen LogP contribution in [0, 0.1) is 5.92 Å². The summed E-state index contributed by atoms with van der Waals surface area (Å²) in [5.74, 6) is 0.172. The number of aromatic nitrogens is 1. The molecule has 1 heterocycles. The first kappa shape index (κ1) is 23.2. The van der Waals surface area contributed by atoms with Crippen LogP contribution in [0.15, 0.2) is 65.7 Å². The van der Waals surface area contributed by atoms with Crippen LogP contribution in [0.4, 0.5) is 0 Å². The van der Waals surface area contributed by atoms with Gasteiger partial charge in [0.1, 0.15) is 10.6 Å². The fraction of sp³-hybridized carbons (Fsp3) is 0.318. The van der Waals surface area contributed by atoms with Gasteiger partial charge in [0.25, 0.3) is 0 Å². The molecule has 7 nitrogen and oxygen atoms in total. The molecule has 3 rings (SSSR count). The third kappa shape index (κ3) is 5.61. The van der Waals surface area contributed by atoms with Crippen molar-refractivity contribution in [1.29, 1.82) is 0 Å². The summed E-state index contributed by atoms with van der Waals surface area (Å²) < 4.78 is 56.8. The number of hydrogen-bond acceptors (Lipinski definition) is 6. The molecule has 31 heavy (non-hydrogen) atoms. The van der Waals surface area contributed by atoms with Gasteiger partial charge in [-0.05, 0) is 42.7 Å². The molecule has 166 valence electrons. The molecule has 0 atom stereocenters. The van der Waals surface area contributed by atoms with Crippen molar-refractivity contribution in [3.05, 3.63) is 66.4 Å². The van der Waals surface area contributed by atoms with Crippen molar-refractivity contribution < 1.29 is 21.0 Å². The fourth-order valence-corrected chi connectivity index (χ4v) is 5.42. The normalized spacial score (nSPS) is 12.5. The van der Waals surface area contributed by atoms with Gasteiger partial charge in [0.2, 0.25) is 10.0 Å². The van der Waals surface area contributed by atoms with Gasteiger partial charge < -0.3 is 4.18 Å². The minimum absolute atomic E-state index is 0.106. The van der Waals surface area contributed by atoms with Crippen molar-refractivity contribution in [2.75, 3.05) is 12.3 Å². The second-order valence-corrected chi connectivity index (χ2v) is 11.4. The lowest BCUT2D eigenvalue weighted by Crippen LogP contribution is -2.34. The second kappa shape index (κ2) is 9.33. The van der Waals surface area contributed by atoms with Crippen LogP contribution in [0.5, 0.6) is 5.75 Å². The van der Waals surface area contributed by atoms with Crippen LogP contribution in [-0.2, 0) is 26.7 Å². The molecule has 0 fully saturated rings. The Kier molecular flexibility index (Phi) is 6.98. The summed E-state index contributed by atoms with van der Waals surface area (Å²) in [6, 6.07) is 15.1. The molecule has 3 aromatic rings. The maximum absolute atomic E-state index is 13.6. The van der Waals surface area contributed by atoms with Gasteiger partial charge in [-0.1, -0.05) is 44.2 Å². The predicted molar refractivity (Wildman–Crippen MR) is 121 cm³/mol. The summed E-state index contributed by atoms with van der Waals surface area (Å²) in [5.41, 5.74) is 1.16. The highest BCUT2D eigenvalue weighted by Gasteiger charge is 2.27. The monoisotopic (exact) mass is 462 g/mol. The fourth-order valence-electron chi connectivity index (χ4n) is 3.14. The second-order valence-electron chi connectivity index (χ2n) is 7.60. The van der Waals surface area contributed by atoms with Gasteiger partial charge in [-0.25, -0.2) is 8.42 Å². The molecule has 0 radical (unpaired) electrons. The summed E-state index contributed by atoms with van der Waals surface area (Å²) in [7, 11) is -7.44. The Morgan fingerprint density at radius 3 is 2.29 bits per heavy atom. The summed E-state index contributed by atoms with van der Waals surface area (Å²) in [4.78, 5) is 4.46. The van der Waals surface area contributed by atoms with Crippen molar-refractivity contribution in [3.63, 3.8) is 0 Å². The predicted octanol–water partition coefficient (Wildman–Crippen LogP) is 3.81. The first-order chi connectivity index (χ1) is 14.6. The number of pyridine rings is 1. The van der Waals surface area contributed by atoms with Gasteiger partial charge in [-0.2, -0.15) is 12.7 Å². The van der Waals surface area contributed by atoms with E-state index >= 15 is 0 Å². The summed E-state index contributed by atoms with van der Waals surface area (Å²) >= 11 is 0. The first-order valence-electron chi connectivity index (χ1n) is 9.97. The van der Waals surface area contributed by atoms with Crippen LogP contribution in [0.3, 0.4) is 0 Å². The van der Waals surface area contributed by atoms with Gasteiger partial charge >= 0.3 is 10.1 Å². The number of sulfonamides is 1. The molecule has 1 aromatic heterocycles. The Labute approximate surface area is 183 Å². The standard InChI is InChI=1S/C22H26N2O5S2/c1-4-30(25,26)29-20-12-10-18(11-13-20)16-24(15-17(2)3)31(27,28)21-9-5-7-19-8-6-14-23-22(19)21/h5-14,17H,4,15-16H2,1-3H3. The molecule has 0 unspecified atom stereocenters. The van der Waals surface area contributed by atoms with Crippen LogP contribution in [-0.4, -0.2) is 38.4 Å². The van der Waals surface area contributed by atoms with E-state index in [1.165, 1.54) is 23.4 Å². The zero-order valence-electron chi connectivity index (χ0n) is 17.7. The molecule has 0 saturated carbocycles. The number of fused-ring (bicyclic) bond motifs is 1. The van der Waals surface area contributed by atoms with Crippen LogP contribution in [0.2, 0.25) is 0 Å². The van der Waals surface area contributed by atoms with Crippen LogP contribution in [0.25, 0.3) is 10.9 Å². The Morgan fingerprint density at radius 2 is 1.65 bits per heavy atom. The molecule has 0 aliphatic carbocycles. The minimum atomic E-state index is -3.82. The highest BCUT2D eigenvalue weighted by Crippen LogP contribution is 2.26. The molecule has 9 heteroatoms. The molecule has 0 N–H and O–H groups in total. The largest absolute Gasteiger partial charge is 0.382 e. The average molecular weight is 463 g/mol. The van der Waals surface area contributed by atoms with E-state index in [1.807, 2.05) is 26.0 Å². The van der Waals surface area contributed by atoms with Gasteiger partial charge in [0.05, 0.1) is 11.3 Å². The molecule has 2 aromatic carbocycles. The zero-order valence-corrected chi connectivity index (χ0v) is 19.4. The lowest BCUT2D eigenvalue weighted by molar-refractivity contribution is 0.362. The molecule has 0 aliphatic rings. The van der Waals surface area contributed by atoms with E-state index in [4.69, 9.17) is 4.18 Å². The van der Waals surface area contributed by atoms with E-state index < -0.39 is 20.1 Å². The topological polar surface area (TPSA) is 93.6 Å². The number of hydrogen-bond donors (Lipinski definition) is 0. The minimum Gasteiger partial charge on any atom is -0.382 e. The highest BCUT2D eigenvalue weighted by atomic mass is 32.2. The van der Waals surface area contributed by atoms with Crippen LogP contribution < -0.4 is 4.18 Å². The van der Waals surface area contributed by atoms with Crippen molar-refractivity contribution in [1.82, 2.24) is 9.29 Å². The molecule has 0 bridgehead atoms.